The standard InChI is InChI=1S/C19H14F2N4O/c20-13-3-4-17(23-10-13)19-24-16-2-1-5-25(11-18(16)26-19)15-7-12(9-22)6-14(21)8-15/h3-4,6-8,10H,1-2,5,11H2. The molecule has 7 heteroatoms. The summed E-state index contributed by atoms with van der Waals surface area (Å²) < 4.78 is 32.7. The van der Waals surface area contributed by atoms with E-state index >= 15 is 0 Å². The van der Waals surface area contributed by atoms with Crippen LogP contribution in [0.4, 0.5) is 14.5 Å². The first-order chi connectivity index (χ1) is 12.6. The number of hydrogen-bond donors (Lipinski definition) is 0. The average molecular weight is 352 g/mol. The maximum Gasteiger partial charge on any atom is 0.245 e. The lowest BCUT2D eigenvalue weighted by atomic mass is 10.2. The number of nitrogens with zero attached hydrogens (tertiary/aromatic N) is 4. The average Bonchev–Trinajstić information content (AvgIpc) is 2.93. The van der Waals surface area contributed by atoms with Crippen molar-refractivity contribution < 1.29 is 13.2 Å². The number of halogens is 2. The number of nitriles is 1. The molecular weight excluding hydrogens is 338 g/mol. The number of anilines is 1. The van der Waals surface area contributed by atoms with Crippen molar-refractivity contribution in [1.29, 1.82) is 5.26 Å². The van der Waals surface area contributed by atoms with Gasteiger partial charge in [-0.2, -0.15) is 5.26 Å². The van der Waals surface area contributed by atoms with Gasteiger partial charge in [-0.1, -0.05) is 0 Å². The van der Waals surface area contributed by atoms with Crippen LogP contribution in [0.5, 0.6) is 0 Å². The largest absolute Gasteiger partial charge is 0.438 e. The van der Waals surface area contributed by atoms with Crippen molar-refractivity contribution in [3.8, 4) is 17.7 Å². The lowest BCUT2D eigenvalue weighted by molar-refractivity contribution is 0.510. The molecule has 0 spiro atoms. The zero-order chi connectivity index (χ0) is 18.1. The topological polar surface area (TPSA) is 66.0 Å². The summed E-state index contributed by atoms with van der Waals surface area (Å²) in [5, 5.41) is 9.05. The second-order valence-corrected chi connectivity index (χ2v) is 6.09. The highest BCUT2D eigenvalue weighted by Crippen LogP contribution is 2.28. The van der Waals surface area contributed by atoms with E-state index in [1.807, 2.05) is 11.0 Å². The van der Waals surface area contributed by atoms with E-state index < -0.39 is 11.6 Å². The summed E-state index contributed by atoms with van der Waals surface area (Å²) in [6, 6.07) is 9.07. The molecule has 3 heterocycles. The van der Waals surface area contributed by atoms with Crippen molar-refractivity contribution in [2.24, 2.45) is 0 Å². The van der Waals surface area contributed by atoms with Crippen LogP contribution in [0.3, 0.4) is 0 Å². The van der Waals surface area contributed by atoms with Gasteiger partial charge in [-0.05, 0) is 43.2 Å². The Bertz CT molecular complexity index is 992. The number of aromatic nitrogens is 2. The van der Waals surface area contributed by atoms with E-state index in [0.717, 1.165) is 24.7 Å². The molecule has 1 aromatic carbocycles. The molecule has 130 valence electrons. The van der Waals surface area contributed by atoms with E-state index in [-0.39, 0.29) is 5.56 Å². The Morgan fingerprint density at radius 3 is 2.81 bits per heavy atom. The smallest absolute Gasteiger partial charge is 0.245 e. The van der Waals surface area contributed by atoms with Gasteiger partial charge in [-0.3, -0.25) is 0 Å². The van der Waals surface area contributed by atoms with Crippen LogP contribution in [0.15, 0.2) is 40.9 Å². The molecule has 0 atom stereocenters. The van der Waals surface area contributed by atoms with Crippen LogP contribution in [0.1, 0.15) is 23.4 Å². The van der Waals surface area contributed by atoms with Crippen molar-refractivity contribution in [2.45, 2.75) is 19.4 Å². The van der Waals surface area contributed by atoms with Crippen LogP contribution < -0.4 is 4.90 Å². The Morgan fingerprint density at radius 2 is 2.04 bits per heavy atom. The molecule has 0 N–H and O–H groups in total. The minimum absolute atomic E-state index is 0.276. The molecule has 1 aliphatic rings. The van der Waals surface area contributed by atoms with Gasteiger partial charge in [-0.15, -0.1) is 0 Å². The van der Waals surface area contributed by atoms with Crippen LogP contribution in [-0.2, 0) is 13.0 Å². The van der Waals surface area contributed by atoms with Crippen molar-refractivity contribution in [3.05, 3.63) is 65.2 Å². The number of benzene rings is 1. The predicted octanol–water partition coefficient (Wildman–Crippen LogP) is 3.84. The number of oxazole rings is 1. The molecule has 1 aliphatic heterocycles. The van der Waals surface area contributed by atoms with E-state index in [2.05, 4.69) is 9.97 Å². The molecule has 0 radical (unpaired) electrons. The van der Waals surface area contributed by atoms with Gasteiger partial charge in [0.1, 0.15) is 23.1 Å². The summed E-state index contributed by atoms with van der Waals surface area (Å²) in [7, 11) is 0. The van der Waals surface area contributed by atoms with E-state index in [1.165, 1.54) is 24.3 Å². The maximum atomic E-state index is 13.8. The summed E-state index contributed by atoms with van der Waals surface area (Å²) in [5.41, 5.74) is 2.19. The molecular formula is C19H14F2N4O. The quantitative estimate of drug-likeness (QED) is 0.701. The molecule has 4 rings (SSSR count). The Kier molecular flexibility index (Phi) is 4.09. The van der Waals surface area contributed by atoms with Crippen molar-refractivity contribution >= 4 is 5.69 Å². The normalized spacial score (nSPS) is 13.8. The highest BCUT2D eigenvalue weighted by molar-refractivity contribution is 5.53. The lowest BCUT2D eigenvalue weighted by Gasteiger charge is -2.22. The van der Waals surface area contributed by atoms with Crippen LogP contribution in [0.2, 0.25) is 0 Å². The van der Waals surface area contributed by atoms with Crippen molar-refractivity contribution in [3.63, 3.8) is 0 Å². The third-order valence-corrected chi connectivity index (χ3v) is 4.28. The Hall–Kier alpha value is -3.27. The van der Waals surface area contributed by atoms with Gasteiger partial charge < -0.3 is 9.32 Å². The lowest BCUT2D eigenvalue weighted by Crippen LogP contribution is -2.22. The van der Waals surface area contributed by atoms with E-state index in [4.69, 9.17) is 9.68 Å². The minimum atomic E-state index is -0.447. The van der Waals surface area contributed by atoms with Crippen LogP contribution in [0, 0.1) is 23.0 Å². The van der Waals surface area contributed by atoms with E-state index in [9.17, 15) is 8.78 Å². The molecule has 0 bridgehead atoms. The predicted molar refractivity (Wildman–Crippen MR) is 90.2 cm³/mol. The first-order valence-electron chi connectivity index (χ1n) is 8.18. The minimum Gasteiger partial charge on any atom is -0.438 e. The van der Waals surface area contributed by atoms with E-state index in [0.29, 0.717) is 36.1 Å². The maximum absolute atomic E-state index is 13.8. The highest BCUT2D eigenvalue weighted by atomic mass is 19.1. The number of fused-ring (bicyclic) bond motifs is 1. The summed E-state index contributed by atoms with van der Waals surface area (Å²) in [6.45, 7) is 1.11. The summed E-state index contributed by atoms with van der Waals surface area (Å²) in [6.07, 6.45) is 2.65. The zero-order valence-corrected chi connectivity index (χ0v) is 13.7. The van der Waals surface area contributed by atoms with Gasteiger partial charge in [0.15, 0.2) is 0 Å². The fourth-order valence-corrected chi connectivity index (χ4v) is 3.05. The van der Waals surface area contributed by atoms with Gasteiger partial charge in [0, 0.05) is 12.2 Å². The Balaban J connectivity index is 1.65. The molecule has 2 aromatic heterocycles. The number of aryl methyl sites for hydroxylation is 1. The van der Waals surface area contributed by atoms with Crippen LogP contribution >= 0.6 is 0 Å². The highest BCUT2D eigenvalue weighted by Gasteiger charge is 2.22. The fourth-order valence-electron chi connectivity index (χ4n) is 3.05. The summed E-state index contributed by atoms with van der Waals surface area (Å²) in [5.74, 6) is 0.143. The molecule has 0 unspecified atom stereocenters. The third kappa shape index (κ3) is 3.14. The van der Waals surface area contributed by atoms with Gasteiger partial charge in [-0.25, -0.2) is 18.7 Å². The van der Waals surface area contributed by atoms with Gasteiger partial charge >= 0.3 is 0 Å². The summed E-state index contributed by atoms with van der Waals surface area (Å²) in [4.78, 5) is 10.4. The first-order valence-corrected chi connectivity index (χ1v) is 8.18. The van der Waals surface area contributed by atoms with Gasteiger partial charge in [0.25, 0.3) is 0 Å². The molecule has 0 saturated carbocycles. The SMILES string of the molecule is N#Cc1cc(F)cc(N2CCCc3nc(-c4ccc(F)cn4)oc3C2)c1. The van der Waals surface area contributed by atoms with Crippen molar-refractivity contribution in [1.82, 2.24) is 9.97 Å². The molecule has 26 heavy (non-hydrogen) atoms. The fraction of sp³-hybridized carbons (Fsp3) is 0.211. The number of hydrogen-bond acceptors (Lipinski definition) is 5. The second-order valence-electron chi connectivity index (χ2n) is 6.09. The van der Waals surface area contributed by atoms with Crippen LogP contribution in [-0.4, -0.2) is 16.5 Å². The first kappa shape index (κ1) is 16.2. The molecule has 5 nitrogen and oxygen atoms in total. The van der Waals surface area contributed by atoms with Gasteiger partial charge in [0.2, 0.25) is 5.89 Å². The molecule has 0 aliphatic carbocycles. The molecule has 3 aromatic rings. The monoisotopic (exact) mass is 352 g/mol. The van der Waals surface area contributed by atoms with Crippen molar-refractivity contribution in [2.75, 3.05) is 11.4 Å². The second kappa shape index (κ2) is 6.56. The van der Waals surface area contributed by atoms with Crippen LogP contribution in [0.25, 0.3) is 11.6 Å². The molecule has 0 amide bonds. The Morgan fingerprint density at radius 1 is 1.15 bits per heavy atom. The van der Waals surface area contributed by atoms with E-state index in [1.54, 1.807) is 6.07 Å². The molecule has 0 fully saturated rings. The zero-order valence-electron chi connectivity index (χ0n) is 13.7. The van der Waals surface area contributed by atoms with Gasteiger partial charge in [0.05, 0.1) is 30.1 Å². The third-order valence-electron chi connectivity index (χ3n) is 4.28. The summed E-state index contributed by atoms with van der Waals surface area (Å²) >= 11 is 0. The number of pyridine rings is 1. The molecule has 0 saturated heterocycles. The number of rotatable bonds is 2. The Labute approximate surface area is 148 Å².